The topological polar surface area (TPSA) is 76.6 Å². The molecule has 0 radical (unpaired) electrons. The van der Waals surface area contributed by atoms with Crippen molar-refractivity contribution in [1.82, 2.24) is 0 Å². The van der Waals surface area contributed by atoms with Crippen LogP contribution in [0.2, 0.25) is 5.02 Å². The molecule has 1 fully saturated rings. The molecule has 1 heterocycles. The first-order valence-corrected chi connectivity index (χ1v) is 7.10. The molecule has 1 aromatic carbocycles. The molecule has 2 atom stereocenters. The summed E-state index contributed by atoms with van der Waals surface area (Å²) in [4.78, 5) is 24.3. The lowest BCUT2D eigenvalue weighted by Crippen LogP contribution is -3.14. The van der Waals surface area contributed by atoms with Gasteiger partial charge in [-0.05, 0) is 37.1 Å². The number of carbonyl (C=O) groups is 2. The normalized spacial score (nSPS) is 22.2. The highest BCUT2D eigenvalue weighted by Gasteiger charge is 2.28. The van der Waals surface area contributed by atoms with Gasteiger partial charge in [-0.3, -0.25) is 9.59 Å². The molecule has 1 unspecified atom stereocenters. The van der Waals surface area contributed by atoms with Gasteiger partial charge in [-0.1, -0.05) is 11.6 Å². The molecule has 108 valence electrons. The van der Waals surface area contributed by atoms with Crippen molar-refractivity contribution >= 4 is 29.1 Å². The standard InChI is InChI=1S/C14H18ClN3O2/c15-11-3-5-12(6-4-11)17-13(19)9-18-7-1-2-10(8-18)14(16)20/h3-6,10H,1-2,7-9H2,(H2,16,20)(H,17,19)/p+1/t10-/m0/s1. The summed E-state index contributed by atoms with van der Waals surface area (Å²) in [6.45, 7) is 1.90. The predicted octanol–water partition coefficient (Wildman–Crippen LogP) is 0.0587. The van der Waals surface area contributed by atoms with Crippen LogP contribution >= 0.6 is 11.6 Å². The van der Waals surface area contributed by atoms with E-state index in [-0.39, 0.29) is 17.7 Å². The molecule has 20 heavy (non-hydrogen) atoms. The van der Waals surface area contributed by atoms with Crippen molar-refractivity contribution in [2.75, 3.05) is 25.0 Å². The van der Waals surface area contributed by atoms with Crippen molar-refractivity contribution < 1.29 is 14.5 Å². The predicted molar refractivity (Wildman–Crippen MR) is 77.6 cm³/mol. The quantitative estimate of drug-likeness (QED) is 0.735. The summed E-state index contributed by atoms with van der Waals surface area (Å²) in [6, 6.07) is 6.98. The fraction of sp³-hybridized carbons (Fsp3) is 0.429. The van der Waals surface area contributed by atoms with E-state index in [9.17, 15) is 9.59 Å². The molecule has 1 aliphatic heterocycles. The maximum absolute atomic E-state index is 12.0. The molecule has 0 aromatic heterocycles. The fourth-order valence-corrected chi connectivity index (χ4v) is 2.65. The van der Waals surface area contributed by atoms with E-state index >= 15 is 0 Å². The van der Waals surface area contributed by atoms with Gasteiger partial charge in [-0.25, -0.2) is 0 Å². The van der Waals surface area contributed by atoms with Gasteiger partial charge in [0, 0.05) is 10.7 Å². The van der Waals surface area contributed by atoms with Gasteiger partial charge in [-0.15, -0.1) is 0 Å². The highest BCUT2D eigenvalue weighted by atomic mass is 35.5. The summed E-state index contributed by atoms with van der Waals surface area (Å²) >= 11 is 5.79. The van der Waals surface area contributed by atoms with E-state index in [1.807, 2.05) is 0 Å². The smallest absolute Gasteiger partial charge is 0.279 e. The Morgan fingerprint density at radius 1 is 1.35 bits per heavy atom. The molecule has 2 amide bonds. The first-order valence-electron chi connectivity index (χ1n) is 6.73. The summed E-state index contributed by atoms with van der Waals surface area (Å²) in [5.41, 5.74) is 6.06. The number of primary amides is 1. The Morgan fingerprint density at radius 2 is 2.05 bits per heavy atom. The number of rotatable bonds is 4. The van der Waals surface area contributed by atoms with Crippen LogP contribution in [0.25, 0.3) is 0 Å². The highest BCUT2D eigenvalue weighted by molar-refractivity contribution is 6.30. The number of nitrogens with one attached hydrogen (secondary N) is 2. The Hall–Kier alpha value is -1.59. The Balaban J connectivity index is 1.85. The number of piperidine rings is 1. The zero-order chi connectivity index (χ0) is 14.5. The number of nitrogens with two attached hydrogens (primary N) is 1. The maximum atomic E-state index is 12.0. The van der Waals surface area contributed by atoms with E-state index in [2.05, 4.69) is 5.32 Å². The van der Waals surface area contributed by atoms with Crippen molar-refractivity contribution in [1.29, 1.82) is 0 Å². The molecule has 0 saturated carbocycles. The fourth-order valence-electron chi connectivity index (χ4n) is 2.52. The zero-order valence-electron chi connectivity index (χ0n) is 11.2. The number of anilines is 1. The number of hydrogen-bond donors (Lipinski definition) is 3. The molecule has 4 N–H and O–H groups in total. The van der Waals surface area contributed by atoms with Crippen LogP contribution in [0.3, 0.4) is 0 Å². The van der Waals surface area contributed by atoms with Gasteiger partial charge in [0.25, 0.3) is 5.91 Å². The number of quaternary nitrogens is 1. The summed E-state index contributed by atoms with van der Waals surface area (Å²) in [7, 11) is 0. The van der Waals surface area contributed by atoms with E-state index in [0.717, 1.165) is 30.0 Å². The molecule has 0 spiro atoms. The van der Waals surface area contributed by atoms with Crippen LogP contribution in [0.5, 0.6) is 0 Å². The molecule has 5 nitrogen and oxygen atoms in total. The third-order valence-corrected chi connectivity index (χ3v) is 3.81. The Bertz CT molecular complexity index is 490. The second-order valence-corrected chi connectivity index (χ2v) is 5.61. The summed E-state index contributed by atoms with van der Waals surface area (Å²) < 4.78 is 0. The molecular formula is C14H19ClN3O2+. The number of benzene rings is 1. The van der Waals surface area contributed by atoms with Crippen molar-refractivity contribution in [3.05, 3.63) is 29.3 Å². The van der Waals surface area contributed by atoms with Crippen molar-refractivity contribution in [3.8, 4) is 0 Å². The Morgan fingerprint density at radius 3 is 2.70 bits per heavy atom. The summed E-state index contributed by atoms with van der Waals surface area (Å²) in [5.74, 6) is -0.435. The number of carbonyl (C=O) groups excluding carboxylic acids is 2. The number of halogens is 1. The molecule has 1 saturated heterocycles. The average molecular weight is 297 g/mol. The average Bonchev–Trinajstić information content (AvgIpc) is 2.41. The minimum atomic E-state index is -0.264. The van der Waals surface area contributed by atoms with Crippen molar-refractivity contribution in [2.45, 2.75) is 12.8 Å². The third-order valence-electron chi connectivity index (χ3n) is 3.56. The van der Waals surface area contributed by atoms with E-state index in [4.69, 9.17) is 17.3 Å². The first-order chi connectivity index (χ1) is 9.54. The van der Waals surface area contributed by atoms with E-state index in [1.165, 1.54) is 0 Å². The Kier molecular flexibility index (Phi) is 4.98. The molecule has 1 aromatic rings. The monoisotopic (exact) mass is 296 g/mol. The molecule has 1 aliphatic rings. The minimum absolute atomic E-state index is 0.0626. The van der Waals surface area contributed by atoms with Gasteiger partial charge in [0.05, 0.1) is 19.0 Å². The zero-order valence-corrected chi connectivity index (χ0v) is 12.0. The lowest BCUT2D eigenvalue weighted by molar-refractivity contribution is -0.899. The largest absolute Gasteiger partial charge is 0.369 e. The van der Waals surface area contributed by atoms with Gasteiger partial charge in [0.1, 0.15) is 0 Å². The van der Waals surface area contributed by atoms with E-state index in [0.29, 0.717) is 18.1 Å². The van der Waals surface area contributed by atoms with Crippen LogP contribution in [0.4, 0.5) is 5.69 Å². The Labute approximate surface area is 123 Å². The molecule has 0 bridgehead atoms. The minimum Gasteiger partial charge on any atom is -0.369 e. The molecule has 6 heteroatoms. The van der Waals surface area contributed by atoms with Crippen LogP contribution < -0.4 is 16.0 Å². The lowest BCUT2D eigenvalue weighted by Gasteiger charge is -2.27. The van der Waals surface area contributed by atoms with E-state index in [1.54, 1.807) is 24.3 Å². The van der Waals surface area contributed by atoms with Crippen molar-refractivity contribution in [3.63, 3.8) is 0 Å². The van der Waals surface area contributed by atoms with Gasteiger partial charge in [0.15, 0.2) is 6.54 Å². The molecule has 0 aliphatic carbocycles. The highest BCUT2D eigenvalue weighted by Crippen LogP contribution is 2.13. The third kappa shape index (κ3) is 4.21. The second-order valence-electron chi connectivity index (χ2n) is 5.18. The van der Waals surface area contributed by atoms with Gasteiger partial charge in [-0.2, -0.15) is 0 Å². The van der Waals surface area contributed by atoms with Crippen LogP contribution in [-0.4, -0.2) is 31.4 Å². The van der Waals surface area contributed by atoms with Crippen LogP contribution in [0.1, 0.15) is 12.8 Å². The van der Waals surface area contributed by atoms with E-state index < -0.39 is 0 Å². The number of amides is 2. The molecular weight excluding hydrogens is 278 g/mol. The summed E-state index contributed by atoms with van der Waals surface area (Å²) in [5, 5.41) is 3.46. The maximum Gasteiger partial charge on any atom is 0.279 e. The number of likely N-dealkylation sites (tertiary alicyclic amines) is 1. The molecule has 2 rings (SSSR count). The lowest BCUT2D eigenvalue weighted by atomic mass is 9.97. The first kappa shape index (κ1) is 14.8. The SMILES string of the molecule is NC(=O)[C@H]1CCC[NH+](CC(=O)Nc2ccc(Cl)cc2)C1. The second kappa shape index (κ2) is 6.72. The van der Waals surface area contributed by atoms with Gasteiger partial charge < -0.3 is 16.0 Å². The van der Waals surface area contributed by atoms with Gasteiger partial charge >= 0.3 is 0 Å². The van der Waals surface area contributed by atoms with Crippen LogP contribution in [0, 0.1) is 5.92 Å². The van der Waals surface area contributed by atoms with Gasteiger partial charge in [0.2, 0.25) is 5.91 Å². The van der Waals surface area contributed by atoms with Crippen LogP contribution in [-0.2, 0) is 9.59 Å². The van der Waals surface area contributed by atoms with Crippen molar-refractivity contribution in [2.24, 2.45) is 11.7 Å². The summed E-state index contributed by atoms with van der Waals surface area (Å²) in [6.07, 6.45) is 1.76. The van der Waals surface area contributed by atoms with Crippen LogP contribution in [0.15, 0.2) is 24.3 Å². The number of hydrogen-bond acceptors (Lipinski definition) is 2.